The highest BCUT2D eigenvalue weighted by molar-refractivity contribution is 4.88. The van der Waals surface area contributed by atoms with E-state index in [0.717, 1.165) is 24.2 Å². The fourth-order valence-corrected chi connectivity index (χ4v) is 3.65. The first-order valence-corrected chi connectivity index (χ1v) is 7.50. The van der Waals surface area contributed by atoms with Crippen molar-refractivity contribution in [1.29, 1.82) is 0 Å². The molecule has 1 N–H and O–H groups in total. The van der Waals surface area contributed by atoms with Gasteiger partial charge in [0, 0.05) is 6.04 Å². The van der Waals surface area contributed by atoms with Crippen molar-refractivity contribution in [3.05, 3.63) is 0 Å². The van der Waals surface area contributed by atoms with Crippen molar-refractivity contribution in [1.82, 2.24) is 4.90 Å². The molecule has 0 aromatic rings. The van der Waals surface area contributed by atoms with Gasteiger partial charge in [0.15, 0.2) is 0 Å². The number of nitrogens with zero attached hydrogens (tertiary/aromatic N) is 1. The molecule has 2 nitrogen and oxygen atoms in total. The van der Waals surface area contributed by atoms with Crippen molar-refractivity contribution in [3.8, 4) is 0 Å². The highest BCUT2D eigenvalue weighted by Crippen LogP contribution is 2.32. The van der Waals surface area contributed by atoms with Gasteiger partial charge >= 0.3 is 0 Å². The molecular formula is C15H29NO. The Kier molecular flexibility index (Phi) is 4.48. The molecular weight excluding hydrogens is 210 g/mol. The van der Waals surface area contributed by atoms with Crippen molar-refractivity contribution in [3.63, 3.8) is 0 Å². The topological polar surface area (TPSA) is 23.5 Å². The number of likely N-dealkylation sites (tertiary alicyclic amines) is 1. The Morgan fingerprint density at radius 3 is 2.29 bits per heavy atom. The Bertz CT molecular complexity index is 233. The zero-order chi connectivity index (χ0) is 12.4. The van der Waals surface area contributed by atoms with Crippen LogP contribution in [0.2, 0.25) is 0 Å². The predicted octanol–water partition coefficient (Wildman–Crippen LogP) is 2.90. The normalized spacial score (nSPS) is 37.6. The van der Waals surface area contributed by atoms with Crippen molar-refractivity contribution in [2.24, 2.45) is 17.8 Å². The molecule has 1 heterocycles. The molecule has 0 aromatic heterocycles. The molecule has 2 aliphatic rings. The fourth-order valence-electron chi connectivity index (χ4n) is 3.65. The number of hydrogen-bond donors (Lipinski definition) is 1. The van der Waals surface area contributed by atoms with Crippen LogP contribution in [0.25, 0.3) is 0 Å². The van der Waals surface area contributed by atoms with Crippen molar-refractivity contribution in [2.45, 2.75) is 65.0 Å². The second-order valence-electron chi connectivity index (χ2n) is 6.67. The van der Waals surface area contributed by atoms with Gasteiger partial charge in [-0.2, -0.15) is 0 Å². The molecule has 3 atom stereocenters. The van der Waals surface area contributed by atoms with Crippen LogP contribution in [0.15, 0.2) is 0 Å². The number of aliphatic hydroxyl groups excluding tert-OH is 1. The maximum Gasteiger partial charge on any atom is 0.0695 e. The highest BCUT2D eigenvalue weighted by atomic mass is 16.3. The van der Waals surface area contributed by atoms with E-state index < -0.39 is 0 Å². The second kappa shape index (κ2) is 5.71. The smallest absolute Gasteiger partial charge is 0.0695 e. The first-order valence-electron chi connectivity index (χ1n) is 7.50. The van der Waals surface area contributed by atoms with Crippen LogP contribution in [0.3, 0.4) is 0 Å². The fraction of sp³-hybridized carbons (Fsp3) is 1.00. The molecule has 0 aromatic carbocycles. The molecule has 1 saturated carbocycles. The molecule has 0 bridgehead atoms. The number of aliphatic hydroxyl groups is 1. The van der Waals surface area contributed by atoms with Crippen LogP contribution in [0.1, 0.15) is 52.9 Å². The summed E-state index contributed by atoms with van der Waals surface area (Å²) in [6, 6.07) is 0.451. The molecule has 1 aliphatic carbocycles. The lowest BCUT2D eigenvalue weighted by Crippen LogP contribution is -2.50. The van der Waals surface area contributed by atoms with Gasteiger partial charge in [-0.15, -0.1) is 0 Å². The first kappa shape index (κ1) is 13.4. The zero-order valence-corrected chi connectivity index (χ0v) is 11.7. The number of piperidine rings is 1. The standard InChI is InChI=1S/C15H29NO/c1-11(2)13-6-8-16(9-7-13)14-10-12(3)4-5-15(14)17/h11-15,17H,4-10H2,1-3H3. The summed E-state index contributed by atoms with van der Waals surface area (Å²) in [7, 11) is 0. The van der Waals surface area contributed by atoms with E-state index in [9.17, 15) is 5.11 Å². The van der Waals surface area contributed by atoms with Crippen LogP contribution < -0.4 is 0 Å². The SMILES string of the molecule is CC1CCC(O)C(N2CCC(C(C)C)CC2)C1. The predicted molar refractivity (Wildman–Crippen MR) is 71.9 cm³/mol. The molecule has 0 radical (unpaired) electrons. The molecule has 2 rings (SSSR count). The second-order valence-corrected chi connectivity index (χ2v) is 6.67. The minimum Gasteiger partial charge on any atom is -0.391 e. The van der Waals surface area contributed by atoms with Crippen LogP contribution >= 0.6 is 0 Å². The maximum absolute atomic E-state index is 10.2. The molecule has 0 amide bonds. The van der Waals surface area contributed by atoms with Crippen LogP contribution in [-0.4, -0.2) is 35.2 Å². The highest BCUT2D eigenvalue weighted by Gasteiger charge is 2.34. The Morgan fingerprint density at radius 1 is 1.06 bits per heavy atom. The van der Waals surface area contributed by atoms with E-state index in [-0.39, 0.29) is 6.10 Å². The third kappa shape index (κ3) is 3.23. The summed E-state index contributed by atoms with van der Waals surface area (Å²) in [5, 5.41) is 10.2. The zero-order valence-electron chi connectivity index (χ0n) is 11.7. The van der Waals surface area contributed by atoms with Crippen LogP contribution in [0, 0.1) is 17.8 Å². The summed E-state index contributed by atoms with van der Waals surface area (Å²) in [6.07, 6.45) is 6.01. The minimum atomic E-state index is -0.0678. The lowest BCUT2D eigenvalue weighted by molar-refractivity contribution is -0.0116. The summed E-state index contributed by atoms with van der Waals surface area (Å²) in [4.78, 5) is 2.57. The largest absolute Gasteiger partial charge is 0.391 e. The molecule has 1 saturated heterocycles. The van der Waals surface area contributed by atoms with Gasteiger partial charge in [0.2, 0.25) is 0 Å². The van der Waals surface area contributed by atoms with E-state index in [0.29, 0.717) is 6.04 Å². The van der Waals surface area contributed by atoms with Gasteiger partial charge in [-0.3, -0.25) is 4.90 Å². The summed E-state index contributed by atoms with van der Waals surface area (Å²) >= 11 is 0. The lowest BCUT2D eigenvalue weighted by atomic mass is 9.81. The summed E-state index contributed by atoms with van der Waals surface area (Å²) in [5.41, 5.74) is 0. The van der Waals surface area contributed by atoms with Crippen molar-refractivity contribution >= 4 is 0 Å². The molecule has 100 valence electrons. The van der Waals surface area contributed by atoms with Gasteiger partial charge in [-0.1, -0.05) is 20.8 Å². The Labute approximate surface area is 106 Å². The van der Waals surface area contributed by atoms with E-state index in [2.05, 4.69) is 25.7 Å². The van der Waals surface area contributed by atoms with Gasteiger partial charge in [0.1, 0.15) is 0 Å². The van der Waals surface area contributed by atoms with Crippen molar-refractivity contribution < 1.29 is 5.11 Å². The van der Waals surface area contributed by atoms with Crippen molar-refractivity contribution in [2.75, 3.05) is 13.1 Å². The van der Waals surface area contributed by atoms with Gasteiger partial charge in [0.05, 0.1) is 6.10 Å². The van der Waals surface area contributed by atoms with Gasteiger partial charge < -0.3 is 5.11 Å². The first-order chi connectivity index (χ1) is 8.08. The number of hydrogen-bond acceptors (Lipinski definition) is 2. The summed E-state index contributed by atoms with van der Waals surface area (Å²) in [6.45, 7) is 9.43. The Hall–Kier alpha value is -0.0800. The summed E-state index contributed by atoms with van der Waals surface area (Å²) in [5.74, 6) is 2.53. The van der Waals surface area contributed by atoms with E-state index in [4.69, 9.17) is 0 Å². The van der Waals surface area contributed by atoms with Gasteiger partial charge in [-0.05, 0) is 62.9 Å². The minimum absolute atomic E-state index is 0.0678. The Morgan fingerprint density at radius 2 is 1.71 bits per heavy atom. The molecule has 3 unspecified atom stereocenters. The Balaban J connectivity index is 1.87. The molecule has 2 heteroatoms. The van der Waals surface area contributed by atoms with E-state index >= 15 is 0 Å². The third-order valence-corrected chi connectivity index (χ3v) is 5.03. The van der Waals surface area contributed by atoms with Crippen LogP contribution in [0.4, 0.5) is 0 Å². The van der Waals surface area contributed by atoms with Gasteiger partial charge in [0.25, 0.3) is 0 Å². The van der Waals surface area contributed by atoms with Gasteiger partial charge in [-0.25, -0.2) is 0 Å². The van der Waals surface area contributed by atoms with E-state index in [1.807, 2.05) is 0 Å². The lowest BCUT2D eigenvalue weighted by Gasteiger charge is -2.43. The molecule has 17 heavy (non-hydrogen) atoms. The molecule has 0 spiro atoms. The van der Waals surface area contributed by atoms with E-state index in [1.54, 1.807) is 0 Å². The molecule has 2 fully saturated rings. The van der Waals surface area contributed by atoms with E-state index in [1.165, 1.54) is 38.8 Å². The summed E-state index contributed by atoms with van der Waals surface area (Å²) < 4.78 is 0. The van der Waals surface area contributed by atoms with Crippen LogP contribution in [-0.2, 0) is 0 Å². The number of rotatable bonds is 2. The molecule has 1 aliphatic heterocycles. The quantitative estimate of drug-likeness (QED) is 0.801. The van der Waals surface area contributed by atoms with Crippen LogP contribution in [0.5, 0.6) is 0 Å². The monoisotopic (exact) mass is 239 g/mol. The average Bonchev–Trinajstić information content (AvgIpc) is 2.32. The third-order valence-electron chi connectivity index (χ3n) is 5.03. The maximum atomic E-state index is 10.2. The average molecular weight is 239 g/mol.